The molecule has 1 rings (SSSR count). The molecular weight excluding hydrogens is 220 g/mol. The number of rotatable bonds is 3. The number of carbonyl (C=O) groups is 1. The van der Waals surface area contributed by atoms with E-state index in [-0.39, 0.29) is 5.78 Å². The van der Waals surface area contributed by atoms with Crippen LogP contribution < -0.4 is 0 Å². The summed E-state index contributed by atoms with van der Waals surface area (Å²) in [7, 11) is -1.72. The number of hydrogen-bond acceptors (Lipinski definition) is 3. The third-order valence-electron chi connectivity index (χ3n) is 2.87. The lowest BCUT2D eigenvalue weighted by molar-refractivity contribution is -0.287. The Morgan fingerprint density at radius 1 is 1.12 bits per heavy atom. The van der Waals surface area contributed by atoms with Crippen molar-refractivity contribution >= 4 is 14.1 Å². The van der Waals surface area contributed by atoms with Crippen LogP contribution in [0.25, 0.3) is 0 Å². The van der Waals surface area contributed by atoms with Gasteiger partial charge >= 0.3 is 0 Å². The molecule has 1 unspecified atom stereocenters. The van der Waals surface area contributed by atoms with E-state index in [1.165, 1.54) is 6.42 Å². The average molecular weight is 244 g/mol. The van der Waals surface area contributed by atoms with E-state index < -0.39 is 13.9 Å². The highest BCUT2D eigenvalue weighted by atomic mass is 28.4. The van der Waals surface area contributed by atoms with Crippen LogP contribution in [0.2, 0.25) is 19.6 Å². The van der Waals surface area contributed by atoms with Crippen LogP contribution in [0.4, 0.5) is 0 Å². The van der Waals surface area contributed by atoms with Crippen molar-refractivity contribution in [3.63, 3.8) is 0 Å². The summed E-state index contributed by atoms with van der Waals surface area (Å²) in [5.74, 6) is 0.199. The van der Waals surface area contributed by atoms with E-state index in [0.717, 1.165) is 25.7 Å². The minimum absolute atomic E-state index is 0.199. The van der Waals surface area contributed by atoms with Gasteiger partial charge in [-0.3, -0.25) is 9.37 Å². The van der Waals surface area contributed by atoms with E-state index in [2.05, 4.69) is 19.6 Å². The molecule has 3 nitrogen and oxygen atoms in total. The van der Waals surface area contributed by atoms with Gasteiger partial charge in [-0.15, -0.1) is 0 Å². The highest BCUT2D eigenvalue weighted by Gasteiger charge is 2.36. The maximum absolute atomic E-state index is 12.0. The predicted molar refractivity (Wildman–Crippen MR) is 66.6 cm³/mol. The quantitative estimate of drug-likeness (QED) is 0.433. The maximum atomic E-state index is 12.0. The summed E-state index contributed by atoms with van der Waals surface area (Å²) < 4.78 is 5.46. The van der Waals surface area contributed by atoms with Crippen LogP contribution in [0.1, 0.15) is 45.4 Å². The molecule has 1 saturated carbocycles. The van der Waals surface area contributed by atoms with Gasteiger partial charge in [0.2, 0.25) is 8.32 Å². The Morgan fingerprint density at radius 2 is 1.75 bits per heavy atom. The Balaban J connectivity index is 2.59. The van der Waals surface area contributed by atoms with Crippen LogP contribution in [0, 0.1) is 0 Å². The second-order valence-electron chi connectivity index (χ2n) is 5.85. The number of carbonyl (C=O) groups excluding carboxylic acids is 1. The molecule has 0 bridgehead atoms. The van der Waals surface area contributed by atoms with E-state index in [1.54, 1.807) is 0 Å². The monoisotopic (exact) mass is 244 g/mol. The van der Waals surface area contributed by atoms with Gasteiger partial charge in [0, 0.05) is 6.42 Å². The topological polar surface area (TPSA) is 35.5 Å². The summed E-state index contributed by atoms with van der Waals surface area (Å²) >= 11 is 0. The lowest BCUT2D eigenvalue weighted by Crippen LogP contribution is -2.42. The Kier molecular flexibility index (Phi) is 4.70. The van der Waals surface area contributed by atoms with E-state index in [4.69, 9.17) is 9.46 Å². The van der Waals surface area contributed by atoms with Gasteiger partial charge in [0.15, 0.2) is 11.4 Å². The van der Waals surface area contributed by atoms with Crippen molar-refractivity contribution < 1.29 is 14.3 Å². The van der Waals surface area contributed by atoms with Crippen molar-refractivity contribution in [2.24, 2.45) is 0 Å². The molecule has 1 fully saturated rings. The van der Waals surface area contributed by atoms with E-state index in [1.807, 2.05) is 6.92 Å². The Bertz CT molecular complexity index is 247. The van der Waals surface area contributed by atoms with E-state index in [0.29, 0.717) is 6.42 Å². The normalized spacial score (nSPS) is 28.6. The summed E-state index contributed by atoms with van der Waals surface area (Å²) in [5, 5.41) is 0. The van der Waals surface area contributed by atoms with Crippen molar-refractivity contribution in [1.82, 2.24) is 0 Å². The molecule has 0 aromatic heterocycles. The van der Waals surface area contributed by atoms with Gasteiger partial charge in [0.05, 0.1) is 0 Å². The molecule has 0 aromatic rings. The van der Waals surface area contributed by atoms with Crippen LogP contribution in [-0.4, -0.2) is 19.7 Å². The molecule has 1 atom stereocenters. The predicted octanol–water partition coefficient (Wildman–Crippen LogP) is 3.45. The van der Waals surface area contributed by atoms with Gasteiger partial charge in [-0.25, -0.2) is 4.89 Å². The first-order valence-corrected chi connectivity index (χ1v) is 9.64. The standard InChI is InChI=1S/C12H24O3Si/c1-12(14-15-16(2,3)4)10-8-6-5-7-9-11(12)13/h5-10H2,1-4H3. The Labute approximate surface area is 99.6 Å². The molecule has 94 valence electrons. The smallest absolute Gasteiger partial charge is 0.230 e. The van der Waals surface area contributed by atoms with E-state index >= 15 is 0 Å². The van der Waals surface area contributed by atoms with Crippen LogP contribution in [0.5, 0.6) is 0 Å². The molecule has 0 aliphatic heterocycles. The SMILES string of the molecule is CC1(OO[Si](C)(C)C)CCCCCCC1=O. The first-order valence-electron chi connectivity index (χ1n) is 6.24. The molecular formula is C12H24O3Si. The molecule has 1 aliphatic rings. The molecule has 0 spiro atoms. The minimum atomic E-state index is -1.72. The highest BCUT2D eigenvalue weighted by Crippen LogP contribution is 2.27. The van der Waals surface area contributed by atoms with Crippen LogP contribution in [-0.2, 0) is 14.3 Å². The van der Waals surface area contributed by atoms with Gasteiger partial charge in [-0.2, -0.15) is 0 Å². The fourth-order valence-corrected chi connectivity index (χ4v) is 2.24. The third-order valence-corrected chi connectivity index (χ3v) is 3.46. The fraction of sp³-hybridized carbons (Fsp3) is 0.917. The lowest BCUT2D eigenvalue weighted by Gasteiger charge is -2.31. The summed E-state index contributed by atoms with van der Waals surface area (Å²) in [6.45, 7) is 8.05. The van der Waals surface area contributed by atoms with Gasteiger partial charge in [0.1, 0.15) is 0 Å². The first-order chi connectivity index (χ1) is 7.33. The van der Waals surface area contributed by atoms with E-state index in [9.17, 15) is 4.79 Å². The van der Waals surface area contributed by atoms with Crippen LogP contribution in [0.3, 0.4) is 0 Å². The Hall–Kier alpha value is -0.193. The number of Topliss-reactive ketones (excluding diaryl/α,β-unsaturated/α-hetero) is 1. The summed E-state index contributed by atoms with van der Waals surface area (Å²) in [6.07, 6.45) is 5.82. The minimum Gasteiger partial charge on any atom is -0.296 e. The third kappa shape index (κ3) is 4.35. The van der Waals surface area contributed by atoms with Crippen molar-refractivity contribution in [3.05, 3.63) is 0 Å². The van der Waals surface area contributed by atoms with Crippen LogP contribution >= 0.6 is 0 Å². The maximum Gasteiger partial charge on any atom is 0.230 e. The molecule has 0 aromatic carbocycles. The number of hydrogen-bond donors (Lipinski definition) is 0. The van der Waals surface area contributed by atoms with Crippen molar-refractivity contribution in [1.29, 1.82) is 0 Å². The molecule has 1 aliphatic carbocycles. The molecule has 0 amide bonds. The highest BCUT2D eigenvalue weighted by molar-refractivity contribution is 6.69. The zero-order valence-corrected chi connectivity index (χ0v) is 12.0. The van der Waals surface area contributed by atoms with Crippen molar-refractivity contribution in [2.45, 2.75) is 70.7 Å². The molecule has 4 heteroatoms. The number of ketones is 1. The summed E-state index contributed by atoms with van der Waals surface area (Å²) in [6, 6.07) is 0. The van der Waals surface area contributed by atoms with Crippen molar-refractivity contribution in [2.75, 3.05) is 0 Å². The molecule has 0 saturated heterocycles. The van der Waals surface area contributed by atoms with Gasteiger partial charge in [0.25, 0.3) is 0 Å². The molecule has 0 N–H and O–H groups in total. The first kappa shape index (κ1) is 13.9. The summed E-state index contributed by atoms with van der Waals surface area (Å²) in [5.41, 5.74) is -0.708. The zero-order valence-electron chi connectivity index (χ0n) is 11.0. The van der Waals surface area contributed by atoms with Gasteiger partial charge in [-0.05, 0) is 45.8 Å². The fourth-order valence-electron chi connectivity index (χ4n) is 1.81. The molecule has 0 radical (unpaired) electrons. The Morgan fingerprint density at radius 3 is 2.38 bits per heavy atom. The van der Waals surface area contributed by atoms with Gasteiger partial charge in [-0.1, -0.05) is 12.8 Å². The van der Waals surface area contributed by atoms with Gasteiger partial charge < -0.3 is 0 Å². The second kappa shape index (κ2) is 5.43. The van der Waals surface area contributed by atoms with Crippen LogP contribution in [0.15, 0.2) is 0 Å². The summed E-state index contributed by atoms with van der Waals surface area (Å²) in [4.78, 5) is 17.5. The average Bonchev–Trinajstić information content (AvgIpc) is 2.16. The molecule has 16 heavy (non-hydrogen) atoms. The van der Waals surface area contributed by atoms with Crippen molar-refractivity contribution in [3.8, 4) is 0 Å². The lowest BCUT2D eigenvalue weighted by atomic mass is 9.87. The second-order valence-corrected chi connectivity index (χ2v) is 10.2. The largest absolute Gasteiger partial charge is 0.296 e. The molecule has 0 heterocycles. The zero-order chi connectivity index (χ0) is 12.2.